The molecule has 0 aliphatic heterocycles. The van der Waals surface area contributed by atoms with Crippen LogP contribution >= 0.6 is 0 Å². The maximum Gasteiger partial charge on any atom is 0.196 e. The van der Waals surface area contributed by atoms with Crippen molar-refractivity contribution in [3.63, 3.8) is 0 Å². The minimum atomic E-state index is -0.000694. The van der Waals surface area contributed by atoms with Gasteiger partial charge in [0.2, 0.25) is 0 Å². The summed E-state index contributed by atoms with van der Waals surface area (Å²) in [5, 5.41) is 0. The molecule has 0 aliphatic rings. The Hall–Kier alpha value is -2.09. The van der Waals surface area contributed by atoms with Gasteiger partial charge in [-0.2, -0.15) is 0 Å². The van der Waals surface area contributed by atoms with E-state index in [2.05, 4.69) is 6.07 Å². The monoisotopic (exact) mass is 240 g/mol. The highest BCUT2D eigenvalue weighted by Crippen LogP contribution is 2.22. The Morgan fingerprint density at radius 1 is 1.00 bits per heavy atom. The number of rotatable bonds is 3. The van der Waals surface area contributed by atoms with E-state index in [1.54, 1.807) is 19.2 Å². The van der Waals surface area contributed by atoms with E-state index in [0.717, 1.165) is 11.1 Å². The molecule has 0 N–H and O–H groups in total. The Morgan fingerprint density at radius 2 is 1.61 bits per heavy atom. The maximum absolute atomic E-state index is 12.5. The first-order chi connectivity index (χ1) is 8.61. The summed E-state index contributed by atoms with van der Waals surface area (Å²) >= 11 is 0. The normalized spacial score (nSPS) is 10.2. The van der Waals surface area contributed by atoms with Crippen molar-refractivity contribution in [1.82, 2.24) is 0 Å². The molecule has 0 unspecified atom stereocenters. The van der Waals surface area contributed by atoms with Crippen molar-refractivity contribution in [2.24, 2.45) is 0 Å². The van der Waals surface area contributed by atoms with E-state index < -0.39 is 0 Å². The molecule has 18 heavy (non-hydrogen) atoms. The standard InChI is InChI=1S/C16H16O2/c1-11-8-12(2)10-13(9-11)16(17)14-6-4-5-7-15(14)18-3/h4-10H,1-3H3. The highest BCUT2D eigenvalue weighted by atomic mass is 16.5. The summed E-state index contributed by atoms with van der Waals surface area (Å²) < 4.78 is 5.23. The predicted molar refractivity (Wildman–Crippen MR) is 72.3 cm³/mol. The highest BCUT2D eigenvalue weighted by Gasteiger charge is 2.14. The Morgan fingerprint density at radius 3 is 2.22 bits per heavy atom. The van der Waals surface area contributed by atoms with Gasteiger partial charge in [0.25, 0.3) is 0 Å². The van der Waals surface area contributed by atoms with Crippen molar-refractivity contribution in [1.29, 1.82) is 0 Å². The van der Waals surface area contributed by atoms with Gasteiger partial charge in [-0.15, -0.1) is 0 Å². The fourth-order valence-electron chi connectivity index (χ4n) is 2.09. The molecule has 0 bridgehead atoms. The predicted octanol–water partition coefficient (Wildman–Crippen LogP) is 3.54. The zero-order valence-corrected chi connectivity index (χ0v) is 10.9. The molecule has 0 heterocycles. The van der Waals surface area contributed by atoms with Gasteiger partial charge in [0, 0.05) is 5.56 Å². The fraction of sp³-hybridized carbons (Fsp3) is 0.188. The van der Waals surface area contributed by atoms with Crippen LogP contribution in [0.25, 0.3) is 0 Å². The summed E-state index contributed by atoms with van der Waals surface area (Å²) in [5.41, 5.74) is 3.49. The number of para-hydroxylation sites is 1. The van der Waals surface area contributed by atoms with Gasteiger partial charge in [0.05, 0.1) is 12.7 Å². The van der Waals surface area contributed by atoms with E-state index in [1.165, 1.54) is 0 Å². The van der Waals surface area contributed by atoms with E-state index >= 15 is 0 Å². The van der Waals surface area contributed by atoms with Crippen LogP contribution in [0.5, 0.6) is 5.75 Å². The average Bonchev–Trinajstić information content (AvgIpc) is 2.36. The van der Waals surface area contributed by atoms with Gasteiger partial charge in [-0.05, 0) is 38.1 Å². The van der Waals surface area contributed by atoms with Crippen molar-refractivity contribution in [3.8, 4) is 5.75 Å². The lowest BCUT2D eigenvalue weighted by molar-refractivity contribution is 0.103. The molecule has 0 fully saturated rings. The average molecular weight is 240 g/mol. The summed E-state index contributed by atoms with van der Waals surface area (Å²) in [7, 11) is 1.58. The minimum absolute atomic E-state index is 0.000694. The quantitative estimate of drug-likeness (QED) is 0.767. The molecular weight excluding hydrogens is 224 g/mol. The second-order valence-electron chi connectivity index (χ2n) is 4.41. The van der Waals surface area contributed by atoms with Crippen molar-refractivity contribution in [3.05, 3.63) is 64.7 Å². The third-order valence-corrected chi connectivity index (χ3v) is 2.84. The molecule has 0 saturated carbocycles. The molecule has 2 nitrogen and oxygen atoms in total. The van der Waals surface area contributed by atoms with Crippen LogP contribution in [0.1, 0.15) is 27.0 Å². The molecule has 92 valence electrons. The first-order valence-electron chi connectivity index (χ1n) is 5.88. The van der Waals surface area contributed by atoms with E-state index in [-0.39, 0.29) is 5.78 Å². The van der Waals surface area contributed by atoms with Crippen LogP contribution in [0.3, 0.4) is 0 Å². The highest BCUT2D eigenvalue weighted by molar-refractivity contribution is 6.10. The number of aryl methyl sites for hydroxylation is 2. The van der Waals surface area contributed by atoms with E-state index in [0.29, 0.717) is 16.9 Å². The van der Waals surface area contributed by atoms with Crippen LogP contribution in [-0.4, -0.2) is 12.9 Å². The zero-order chi connectivity index (χ0) is 13.1. The lowest BCUT2D eigenvalue weighted by Gasteiger charge is -2.08. The second kappa shape index (κ2) is 5.05. The van der Waals surface area contributed by atoms with E-state index in [1.807, 2.05) is 38.1 Å². The summed E-state index contributed by atoms with van der Waals surface area (Å²) in [6.07, 6.45) is 0. The number of carbonyl (C=O) groups excluding carboxylic acids is 1. The molecule has 2 rings (SSSR count). The maximum atomic E-state index is 12.5. The van der Waals surface area contributed by atoms with Gasteiger partial charge in [-0.3, -0.25) is 4.79 Å². The third kappa shape index (κ3) is 2.43. The summed E-state index contributed by atoms with van der Waals surface area (Å²) in [5.74, 6) is 0.612. The number of ether oxygens (including phenoxy) is 1. The third-order valence-electron chi connectivity index (χ3n) is 2.84. The van der Waals surface area contributed by atoms with Gasteiger partial charge in [-0.25, -0.2) is 0 Å². The van der Waals surface area contributed by atoms with Crippen LogP contribution in [0.15, 0.2) is 42.5 Å². The summed E-state index contributed by atoms with van der Waals surface area (Å²) in [4.78, 5) is 12.5. The summed E-state index contributed by atoms with van der Waals surface area (Å²) in [6, 6.07) is 13.2. The molecular formula is C16H16O2. The van der Waals surface area contributed by atoms with Gasteiger partial charge in [0.1, 0.15) is 5.75 Å². The molecule has 2 aromatic rings. The SMILES string of the molecule is COc1ccccc1C(=O)c1cc(C)cc(C)c1. The molecule has 0 atom stereocenters. The molecule has 0 amide bonds. The fourth-order valence-corrected chi connectivity index (χ4v) is 2.09. The van der Waals surface area contributed by atoms with Crippen molar-refractivity contribution < 1.29 is 9.53 Å². The van der Waals surface area contributed by atoms with Gasteiger partial charge >= 0.3 is 0 Å². The zero-order valence-electron chi connectivity index (χ0n) is 10.9. The molecule has 2 heteroatoms. The minimum Gasteiger partial charge on any atom is -0.496 e. The molecule has 0 aliphatic carbocycles. The largest absolute Gasteiger partial charge is 0.496 e. The van der Waals surface area contributed by atoms with Crippen molar-refractivity contribution in [2.75, 3.05) is 7.11 Å². The first-order valence-corrected chi connectivity index (χ1v) is 5.88. The Kier molecular flexibility index (Phi) is 3.47. The number of benzene rings is 2. The second-order valence-corrected chi connectivity index (χ2v) is 4.41. The number of hydrogen-bond donors (Lipinski definition) is 0. The molecule has 2 aromatic carbocycles. The Labute approximate surface area is 107 Å². The van der Waals surface area contributed by atoms with Gasteiger partial charge in [0.15, 0.2) is 5.78 Å². The first kappa shape index (κ1) is 12.4. The number of hydrogen-bond acceptors (Lipinski definition) is 2. The van der Waals surface area contributed by atoms with Crippen LogP contribution in [0.2, 0.25) is 0 Å². The van der Waals surface area contributed by atoms with Crippen LogP contribution in [0, 0.1) is 13.8 Å². The molecule has 0 spiro atoms. The van der Waals surface area contributed by atoms with Gasteiger partial charge < -0.3 is 4.74 Å². The van der Waals surface area contributed by atoms with Crippen LogP contribution in [0.4, 0.5) is 0 Å². The molecule has 0 saturated heterocycles. The molecule has 0 aromatic heterocycles. The van der Waals surface area contributed by atoms with Crippen molar-refractivity contribution >= 4 is 5.78 Å². The van der Waals surface area contributed by atoms with Crippen LogP contribution in [-0.2, 0) is 0 Å². The van der Waals surface area contributed by atoms with Crippen LogP contribution < -0.4 is 4.74 Å². The number of carbonyl (C=O) groups is 1. The Balaban J connectivity index is 2.47. The topological polar surface area (TPSA) is 26.3 Å². The smallest absolute Gasteiger partial charge is 0.196 e. The van der Waals surface area contributed by atoms with E-state index in [9.17, 15) is 4.79 Å². The van der Waals surface area contributed by atoms with Crippen molar-refractivity contribution in [2.45, 2.75) is 13.8 Å². The lowest BCUT2D eigenvalue weighted by atomic mass is 9.99. The number of ketones is 1. The molecule has 0 radical (unpaired) electrons. The van der Waals surface area contributed by atoms with E-state index in [4.69, 9.17) is 4.74 Å². The number of methoxy groups -OCH3 is 1. The lowest BCUT2D eigenvalue weighted by Crippen LogP contribution is -2.04. The summed E-state index contributed by atoms with van der Waals surface area (Å²) in [6.45, 7) is 3.98. The Bertz CT molecular complexity index is 565. The van der Waals surface area contributed by atoms with Gasteiger partial charge in [-0.1, -0.05) is 29.3 Å².